The molecule has 2 aromatic rings. The summed E-state index contributed by atoms with van der Waals surface area (Å²) < 4.78 is 37.3. The first kappa shape index (κ1) is 23.4. The van der Waals surface area contributed by atoms with Crippen molar-refractivity contribution in [3.8, 4) is 0 Å². The lowest BCUT2D eigenvalue weighted by atomic mass is 10.0. The van der Waals surface area contributed by atoms with Crippen LogP contribution in [0.3, 0.4) is 0 Å². The molecule has 0 amide bonds. The van der Waals surface area contributed by atoms with Crippen LogP contribution in [0.5, 0.6) is 0 Å². The summed E-state index contributed by atoms with van der Waals surface area (Å²) in [5.41, 5.74) is 2.03. The van der Waals surface area contributed by atoms with Gasteiger partial charge in [-0.2, -0.15) is 0 Å². The second-order valence-electron chi connectivity index (χ2n) is 7.57. The van der Waals surface area contributed by atoms with Gasteiger partial charge >= 0.3 is 12.9 Å². The molecule has 0 bridgehead atoms. The molecule has 0 fully saturated rings. The summed E-state index contributed by atoms with van der Waals surface area (Å²) in [7, 11) is -2.50. The SMILES string of the molecule is CCCCCN(C)c1ccc(C=CC2[C+]=C(c3ccc([N+](=O)[O-])cc3)O[B-](F)(F)O2)cc1. The van der Waals surface area contributed by atoms with Gasteiger partial charge in [-0.3, -0.25) is 10.1 Å². The van der Waals surface area contributed by atoms with E-state index in [9.17, 15) is 18.7 Å². The topological polar surface area (TPSA) is 64.8 Å². The van der Waals surface area contributed by atoms with Gasteiger partial charge in [-0.05, 0) is 30.2 Å². The van der Waals surface area contributed by atoms with Crippen molar-refractivity contribution in [1.82, 2.24) is 0 Å². The lowest BCUT2D eigenvalue weighted by Crippen LogP contribution is -2.39. The van der Waals surface area contributed by atoms with Gasteiger partial charge in [0.25, 0.3) is 5.69 Å². The number of hydrogen-bond donors (Lipinski definition) is 0. The van der Waals surface area contributed by atoms with E-state index < -0.39 is 18.1 Å². The molecule has 0 aromatic heterocycles. The molecular weight excluding hydrogens is 417 g/mol. The van der Waals surface area contributed by atoms with Gasteiger partial charge < -0.3 is 22.8 Å². The minimum absolute atomic E-state index is 0.144. The van der Waals surface area contributed by atoms with E-state index in [1.165, 1.54) is 43.2 Å². The van der Waals surface area contributed by atoms with Crippen LogP contribution >= 0.6 is 0 Å². The van der Waals surface area contributed by atoms with Crippen LogP contribution in [0.1, 0.15) is 37.3 Å². The fourth-order valence-corrected chi connectivity index (χ4v) is 3.28. The normalized spacial score (nSPS) is 17.4. The Morgan fingerprint density at radius 3 is 2.47 bits per heavy atom. The van der Waals surface area contributed by atoms with E-state index in [-0.39, 0.29) is 17.0 Å². The molecule has 0 aliphatic carbocycles. The third-order valence-corrected chi connectivity index (χ3v) is 5.07. The molecule has 32 heavy (non-hydrogen) atoms. The van der Waals surface area contributed by atoms with Crippen LogP contribution in [-0.2, 0) is 9.31 Å². The Balaban J connectivity index is 1.71. The van der Waals surface area contributed by atoms with Gasteiger partial charge in [0.1, 0.15) is 6.08 Å². The molecule has 168 valence electrons. The Bertz CT molecular complexity index is 978. The third-order valence-electron chi connectivity index (χ3n) is 5.07. The largest absolute Gasteiger partial charge is 0.668 e. The molecule has 0 spiro atoms. The van der Waals surface area contributed by atoms with Crippen molar-refractivity contribution in [2.24, 2.45) is 0 Å². The Morgan fingerprint density at radius 1 is 1.16 bits per heavy atom. The maximum Gasteiger partial charge on any atom is 0.668 e. The van der Waals surface area contributed by atoms with Crippen LogP contribution in [0.15, 0.2) is 54.6 Å². The number of nitro groups is 1. The van der Waals surface area contributed by atoms with Gasteiger partial charge in [-0.25, -0.2) is 0 Å². The highest BCUT2D eigenvalue weighted by atomic mass is 19.3. The highest BCUT2D eigenvalue weighted by Gasteiger charge is 2.42. The molecule has 1 aliphatic heterocycles. The van der Waals surface area contributed by atoms with Crippen LogP contribution in [0.2, 0.25) is 0 Å². The van der Waals surface area contributed by atoms with Crippen LogP contribution in [0, 0.1) is 16.2 Å². The maximum atomic E-state index is 14.0. The van der Waals surface area contributed by atoms with Crippen LogP contribution in [0.4, 0.5) is 20.0 Å². The van der Waals surface area contributed by atoms with Crippen molar-refractivity contribution in [2.45, 2.75) is 32.3 Å². The highest BCUT2D eigenvalue weighted by Crippen LogP contribution is 2.31. The summed E-state index contributed by atoms with van der Waals surface area (Å²) in [5, 5.41) is 10.8. The first-order valence-corrected chi connectivity index (χ1v) is 10.5. The van der Waals surface area contributed by atoms with Crippen LogP contribution < -0.4 is 4.90 Å². The van der Waals surface area contributed by atoms with E-state index in [1.807, 2.05) is 31.3 Å². The van der Waals surface area contributed by atoms with Gasteiger partial charge in [0.05, 0.1) is 4.92 Å². The number of hydrogen-bond acceptors (Lipinski definition) is 5. The monoisotopic (exact) mass is 442 g/mol. The number of non-ortho nitro benzene ring substituents is 1. The number of benzene rings is 2. The average Bonchev–Trinajstić information content (AvgIpc) is 2.77. The molecule has 0 N–H and O–H groups in total. The van der Waals surface area contributed by atoms with E-state index in [4.69, 9.17) is 4.65 Å². The quantitative estimate of drug-likeness (QED) is 0.160. The van der Waals surface area contributed by atoms with Gasteiger partial charge in [0.2, 0.25) is 0 Å². The smallest absolute Gasteiger partial charge is 0.601 e. The van der Waals surface area contributed by atoms with Crippen molar-refractivity contribution >= 4 is 30.3 Å². The summed E-state index contributed by atoms with van der Waals surface area (Å²) in [6.45, 7) is 3.14. The van der Waals surface area contributed by atoms with Crippen LogP contribution in [-0.4, -0.2) is 31.7 Å². The first-order valence-electron chi connectivity index (χ1n) is 10.5. The van der Waals surface area contributed by atoms with Crippen molar-refractivity contribution in [3.63, 3.8) is 0 Å². The predicted octanol–water partition coefficient (Wildman–Crippen LogP) is 5.87. The summed E-state index contributed by atoms with van der Waals surface area (Å²) in [4.78, 5) is 12.4. The number of halogens is 2. The lowest BCUT2D eigenvalue weighted by Gasteiger charge is -2.30. The second kappa shape index (κ2) is 10.4. The minimum Gasteiger partial charge on any atom is -0.601 e. The molecular formula is C23H25BF2N2O4. The molecule has 1 aliphatic rings. The Morgan fingerprint density at radius 2 is 1.84 bits per heavy atom. The molecule has 0 saturated heterocycles. The second-order valence-corrected chi connectivity index (χ2v) is 7.57. The zero-order valence-electron chi connectivity index (χ0n) is 18.0. The highest BCUT2D eigenvalue weighted by molar-refractivity contribution is 6.53. The molecule has 2 aromatic carbocycles. The van der Waals surface area contributed by atoms with Gasteiger partial charge in [-0.1, -0.05) is 38.0 Å². The zero-order valence-corrected chi connectivity index (χ0v) is 18.0. The molecule has 1 heterocycles. The number of anilines is 1. The Kier molecular flexibility index (Phi) is 7.56. The van der Waals surface area contributed by atoms with Gasteiger partial charge in [0.15, 0.2) is 11.7 Å². The maximum absolute atomic E-state index is 14.0. The molecule has 0 radical (unpaired) electrons. The van der Waals surface area contributed by atoms with Crippen molar-refractivity contribution in [1.29, 1.82) is 0 Å². The van der Waals surface area contributed by atoms with Crippen LogP contribution in [0.25, 0.3) is 11.8 Å². The van der Waals surface area contributed by atoms with Gasteiger partial charge in [-0.15, -0.1) is 0 Å². The first-order chi connectivity index (χ1) is 15.3. The zero-order chi connectivity index (χ0) is 23.1. The van der Waals surface area contributed by atoms with E-state index in [0.29, 0.717) is 0 Å². The van der Waals surface area contributed by atoms with Crippen molar-refractivity contribution in [2.75, 3.05) is 18.5 Å². The summed E-state index contributed by atoms with van der Waals surface area (Å²) in [5.74, 6) is -0.199. The molecule has 0 saturated carbocycles. The number of nitrogens with zero attached hydrogens (tertiary/aromatic N) is 2. The molecule has 3 rings (SSSR count). The number of nitro benzene ring substituents is 1. The molecule has 6 nitrogen and oxygen atoms in total. The number of unbranched alkanes of at least 4 members (excludes halogenated alkanes) is 2. The Labute approximate surface area is 186 Å². The van der Waals surface area contributed by atoms with Crippen molar-refractivity contribution in [3.05, 3.63) is 81.9 Å². The van der Waals surface area contributed by atoms with E-state index >= 15 is 0 Å². The fraction of sp³-hybridized carbons (Fsp3) is 0.304. The molecule has 9 heteroatoms. The average molecular weight is 442 g/mol. The van der Waals surface area contributed by atoms with Crippen molar-refractivity contribution < 1.29 is 22.9 Å². The summed E-state index contributed by atoms with van der Waals surface area (Å²) in [6, 6.07) is 12.9. The minimum atomic E-state index is -4.55. The lowest BCUT2D eigenvalue weighted by molar-refractivity contribution is -0.384. The van der Waals surface area contributed by atoms with Gasteiger partial charge in [0, 0.05) is 43.5 Å². The Hall–Kier alpha value is -3.29. The summed E-state index contributed by atoms with van der Waals surface area (Å²) >= 11 is 0. The third kappa shape index (κ3) is 6.36. The van der Waals surface area contributed by atoms with E-state index in [2.05, 4.69) is 22.6 Å². The number of rotatable bonds is 9. The fourth-order valence-electron chi connectivity index (χ4n) is 3.28. The molecule has 1 atom stereocenters. The van der Waals surface area contributed by atoms with E-state index in [1.54, 1.807) is 6.08 Å². The summed E-state index contributed by atoms with van der Waals surface area (Å²) in [6.07, 6.45) is 8.27. The van der Waals surface area contributed by atoms with E-state index in [0.717, 1.165) is 24.2 Å². The molecule has 1 unspecified atom stereocenters. The predicted molar refractivity (Wildman–Crippen MR) is 122 cm³/mol. The standard InChI is InChI=1S/C23H25BF2N2O4/c1-3-4-5-16-27(2)20-11-6-18(7-12-20)8-15-22-17-23(32-24(25,26)31-22)19-9-13-21(14-10-19)28(29)30/h6-15,22H,3-5,16H2,1-2H3.